The summed E-state index contributed by atoms with van der Waals surface area (Å²) in [6, 6.07) is 18.2. The Balaban J connectivity index is 2.17. The Morgan fingerprint density at radius 3 is 2.23 bits per heavy atom. The zero-order chi connectivity index (χ0) is 21.9. The minimum Gasteiger partial charge on any atom is -0.326 e. The van der Waals surface area contributed by atoms with E-state index >= 15 is 0 Å². The average molecular weight is 423 g/mol. The van der Waals surface area contributed by atoms with Gasteiger partial charge in [0, 0.05) is 12.3 Å². The van der Waals surface area contributed by atoms with Gasteiger partial charge in [-0.05, 0) is 59.1 Å². The molecule has 1 aliphatic heterocycles. The first-order valence-electron chi connectivity index (χ1n) is 10.5. The minimum atomic E-state index is -0.517. The average Bonchev–Trinajstić information content (AvgIpc) is 2.67. The third kappa shape index (κ3) is 5.27. The summed E-state index contributed by atoms with van der Waals surface area (Å²) in [6.07, 6.45) is 1.45. The van der Waals surface area contributed by atoms with Crippen molar-refractivity contribution in [3.8, 4) is 0 Å². The maximum absolute atomic E-state index is 12.7. The number of aliphatic imine (C=N–C) groups is 1. The van der Waals surface area contributed by atoms with Crippen molar-refractivity contribution in [1.29, 1.82) is 0 Å². The molecule has 0 radical (unpaired) electrons. The number of aryl methyl sites for hydroxylation is 1. The first kappa shape index (κ1) is 22.5. The summed E-state index contributed by atoms with van der Waals surface area (Å²) in [7, 11) is 0. The Morgan fingerprint density at radius 2 is 1.70 bits per heavy atom. The molecule has 158 valence electrons. The Labute approximate surface area is 185 Å². The van der Waals surface area contributed by atoms with Gasteiger partial charge in [-0.2, -0.15) is 0 Å². The molecule has 4 heteroatoms. The van der Waals surface area contributed by atoms with Crippen molar-refractivity contribution < 1.29 is 4.79 Å². The van der Waals surface area contributed by atoms with E-state index in [-0.39, 0.29) is 16.7 Å². The Hall–Kier alpha value is -2.23. The van der Waals surface area contributed by atoms with E-state index in [4.69, 9.17) is 22.3 Å². The second-order valence-electron chi connectivity index (χ2n) is 9.31. The predicted molar refractivity (Wildman–Crippen MR) is 127 cm³/mol. The van der Waals surface area contributed by atoms with Crippen LogP contribution in [0.5, 0.6) is 0 Å². The first-order valence-corrected chi connectivity index (χ1v) is 10.9. The highest BCUT2D eigenvalue weighted by Crippen LogP contribution is 2.39. The van der Waals surface area contributed by atoms with Crippen molar-refractivity contribution in [1.82, 2.24) is 0 Å². The number of nitrogens with zero attached hydrogens (tertiary/aromatic N) is 1. The molecule has 0 fully saturated rings. The molecule has 0 saturated heterocycles. The van der Waals surface area contributed by atoms with E-state index in [1.54, 1.807) is 0 Å². The molecule has 30 heavy (non-hydrogen) atoms. The van der Waals surface area contributed by atoms with Gasteiger partial charge in [-0.25, -0.2) is 0 Å². The molecule has 2 atom stereocenters. The molecule has 2 unspecified atom stereocenters. The van der Waals surface area contributed by atoms with Gasteiger partial charge < -0.3 is 5.73 Å². The third-order valence-electron chi connectivity index (χ3n) is 5.49. The van der Waals surface area contributed by atoms with Gasteiger partial charge in [-0.1, -0.05) is 80.9 Å². The standard InChI is InChI=1S/C26H31ClN2O/c1-17-10-12-19(13-11-17)23-20(16-28)22(15-26(2,3)4)29-21(24(23)25(27)30)14-18-8-6-5-7-9-18/h5-13,21,24H,14-16,28H2,1-4H3. The molecule has 3 nitrogen and oxygen atoms in total. The zero-order valence-electron chi connectivity index (χ0n) is 18.3. The molecule has 2 aromatic carbocycles. The van der Waals surface area contributed by atoms with Crippen LogP contribution in [-0.4, -0.2) is 23.5 Å². The lowest BCUT2D eigenvalue weighted by molar-refractivity contribution is -0.114. The van der Waals surface area contributed by atoms with E-state index in [9.17, 15) is 4.79 Å². The fraction of sp³-hybridized carbons (Fsp3) is 0.385. The second-order valence-corrected chi connectivity index (χ2v) is 9.69. The van der Waals surface area contributed by atoms with Gasteiger partial charge in [0.2, 0.25) is 5.24 Å². The van der Waals surface area contributed by atoms with Crippen molar-refractivity contribution in [3.05, 3.63) is 76.9 Å². The monoisotopic (exact) mass is 422 g/mol. The van der Waals surface area contributed by atoms with E-state index < -0.39 is 5.92 Å². The molecule has 2 N–H and O–H groups in total. The molecule has 1 aliphatic rings. The van der Waals surface area contributed by atoms with Gasteiger partial charge in [-0.15, -0.1) is 0 Å². The Kier molecular flexibility index (Phi) is 6.95. The van der Waals surface area contributed by atoms with Gasteiger partial charge in [0.1, 0.15) is 0 Å². The summed E-state index contributed by atoms with van der Waals surface area (Å²) in [5.74, 6) is -0.517. The first-order chi connectivity index (χ1) is 14.2. The molecular weight excluding hydrogens is 392 g/mol. The van der Waals surface area contributed by atoms with Crippen LogP contribution < -0.4 is 5.73 Å². The van der Waals surface area contributed by atoms with Crippen LogP contribution in [0.15, 0.2) is 65.2 Å². The number of hydrogen-bond acceptors (Lipinski definition) is 3. The number of dihydropyridines is 1. The summed E-state index contributed by atoms with van der Waals surface area (Å²) < 4.78 is 0. The normalized spacial score (nSPS) is 19.6. The van der Waals surface area contributed by atoms with Crippen LogP contribution in [0.1, 0.15) is 43.9 Å². The van der Waals surface area contributed by atoms with Gasteiger partial charge in [-0.3, -0.25) is 9.79 Å². The highest BCUT2D eigenvalue weighted by molar-refractivity contribution is 6.65. The van der Waals surface area contributed by atoms with E-state index in [1.165, 1.54) is 5.56 Å². The van der Waals surface area contributed by atoms with Crippen LogP contribution in [0.4, 0.5) is 0 Å². The fourth-order valence-corrected chi connectivity index (χ4v) is 4.40. The fourth-order valence-electron chi connectivity index (χ4n) is 4.14. The van der Waals surface area contributed by atoms with Crippen LogP contribution in [0, 0.1) is 18.3 Å². The summed E-state index contributed by atoms with van der Waals surface area (Å²) in [6.45, 7) is 8.97. The second kappa shape index (κ2) is 9.28. The Bertz CT molecular complexity index is 953. The third-order valence-corrected chi connectivity index (χ3v) is 5.72. The van der Waals surface area contributed by atoms with Crippen molar-refractivity contribution in [3.63, 3.8) is 0 Å². The molecule has 0 spiro atoms. The molecule has 0 bridgehead atoms. The summed E-state index contributed by atoms with van der Waals surface area (Å²) >= 11 is 6.21. The van der Waals surface area contributed by atoms with Crippen molar-refractivity contribution in [2.24, 2.45) is 22.1 Å². The number of halogens is 1. The molecule has 0 amide bonds. The van der Waals surface area contributed by atoms with Crippen LogP contribution in [0.25, 0.3) is 5.57 Å². The number of carbonyl (C=O) groups is 1. The molecule has 0 saturated carbocycles. The van der Waals surface area contributed by atoms with Gasteiger partial charge >= 0.3 is 0 Å². The maximum atomic E-state index is 12.7. The molecule has 3 rings (SSSR count). The number of nitrogens with two attached hydrogens (primary N) is 1. The highest BCUT2D eigenvalue weighted by atomic mass is 35.5. The van der Waals surface area contributed by atoms with Gasteiger partial charge in [0.05, 0.1) is 12.0 Å². The zero-order valence-corrected chi connectivity index (χ0v) is 19.0. The molecule has 0 aromatic heterocycles. The lowest BCUT2D eigenvalue weighted by atomic mass is 9.76. The van der Waals surface area contributed by atoms with Gasteiger partial charge in [0.15, 0.2) is 0 Å². The molecular formula is C26H31ClN2O. The van der Waals surface area contributed by atoms with Crippen LogP contribution >= 0.6 is 11.6 Å². The van der Waals surface area contributed by atoms with E-state index in [0.717, 1.165) is 34.4 Å². The predicted octanol–water partition coefficient (Wildman–Crippen LogP) is 5.59. The van der Waals surface area contributed by atoms with E-state index in [0.29, 0.717) is 13.0 Å². The number of benzene rings is 2. The molecule has 1 heterocycles. The number of hydrogen-bond donors (Lipinski definition) is 1. The van der Waals surface area contributed by atoms with E-state index in [2.05, 4.69) is 64.1 Å². The van der Waals surface area contributed by atoms with Crippen molar-refractivity contribution in [2.75, 3.05) is 6.54 Å². The smallest absolute Gasteiger partial charge is 0.231 e. The summed E-state index contributed by atoms with van der Waals surface area (Å²) in [5.41, 5.74) is 12.5. The lowest BCUT2D eigenvalue weighted by Crippen LogP contribution is -2.36. The quantitative estimate of drug-likeness (QED) is 0.616. The largest absolute Gasteiger partial charge is 0.326 e. The Morgan fingerprint density at radius 1 is 1.07 bits per heavy atom. The van der Waals surface area contributed by atoms with Crippen molar-refractivity contribution in [2.45, 2.75) is 46.6 Å². The van der Waals surface area contributed by atoms with E-state index in [1.807, 2.05) is 18.2 Å². The molecule has 2 aromatic rings. The summed E-state index contributed by atoms with van der Waals surface area (Å²) in [4.78, 5) is 17.8. The lowest BCUT2D eigenvalue weighted by Gasteiger charge is -2.34. The van der Waals surface area contributed by atoms with Crippen LogP contribution in [-0.2, 0) is 11.2 Å². The topological polar surface area (TPSA) is 55.4 Å². The molecule has 0 aliphatic carbocycles. The summed E-state index contributed by atoms with van der Waals surface area (Å²) in [5, 5.41) is -0.379. The van der Waals surface area contributed by atoms with Crippen LogP contribution in [0.3, 0.4) is 0 Å². The van der Waals surface area contributed by atoms with Crippen LogP contribution in [0.2, 0.25) is 0 Å². The maximum Gasteiger partial charge on any atom is 0.231 e. The van der Waals surface area contributed by atoms with Crippen molar-refractivity contribution >= 4 is 28.1 Å². The minimum absolute atomic E-state index is 0.0484. The number of rotatable bonds is 6. The SMILES string of the molecule is Cc1ccc(C2=C(CN)C(CC(C)(C)C)=NC(Cc3ccccc3)C2C(=O)Cl)cc1. The number of carbonyl (C=O) groups excluding carboxylic acids is 1. The van der Waals surface area contributed by atoms with Gasteiger partial charge in [0.25, 0.3) is 0 Å². The highest BCUT2D eigenvalue weighted by Gasteiger charge is 2.38.